The molecule has 2 N–H and O–H groups in total. The lowest BCUT2D eigenvalue weighted by molar-refractivity contribution is 0.102. The molecule has 0 aliphatic rings. The van der Waals surface area contributed by atoms with Gasteiger partial charge in [-0.1, -0.05) is 23.4 Å². The van der Waals surface area contributed by atoms with E-state index < -0.39 is 15.9 Å². The minimum absolute atomic E-state index is 0.0197. The lowest BCUT2D eigenvalue weighted by Crippen LogP contribution is -2.18. The molecule has 0 bridgehead atoms. The van der Waals surface area contributed by atoms with Crippen molar-refractivity contribution in [2.45, 2.75) is 4.90 Å². The molecule has 158 valence electrons. The molecular weight excluding hydrogens is 438 g/mol. The lowest BCUT2D eigenvalue weighted by atomic mass is 10.1. The van der Waals surface area contributed by atoms with Gasteiger partial charge in [-0.3, -0.25) is 4.79 Å². The largest absolute Gasteiger partial charge is 0.497 e. The fourth-order valence-corrected chi connectivity index (χ4v) is 4.47. The van der Waals surface area contributed by atoms with Crippen LogP contribution in [0, 0.1) is 0 Å². The van der Waals surface area contributed by atoms with Gasteiger partial charge in [0.25, 0.3) is 21.8 Å². The highest BCUT2D eigenvalue weighted by atomic mass is 32.2. The molecule has 0 radical (unpaired) electrons. The van der Waals surface area contributed by atoms with Crippen LogP contribution < -0.4 is 14.8 Å². The smallest absolute Gasteiger partial charge is 0.264 e. The number of benzene rings is 2. The molecule has 0 aliphatic heterocycles. The van der Waals surface area contributed by atoms with Gasteiger partial charge in [-0.05, 0) is 47.8 Å². The summed E-state index contributed by atoms with van der Waals surface area (Å²) in [5.41, 5.74) is 1.35. The molecular formula is C21H17N3O5S2. The van der Waals surface area contributed by atoms with E-state index in [0.29, 0.717) is 17.0 Å². The SMILES string of the molecule is COc1ccc(NC(=O)c2c(-c3ccsc3)noc2NS(=O)(=O)c2ccccc2)cc1. The average Bonchev–Trinajstić information content (AvgIpc) is 3.44. The van der Waals surface area contributed by atoms with Gasteiger partial charge >= 0.3 is 0 Å². The summed E-state index contributed by atoms with van der Waals surface area (Å²) in [7, 11) is -2.44. The number of ether oxygens (including phenoxy) is 1. The minimum atomic E-state index is -3.98. The van der Waals surface area contributed by atoms with Gasteiger partial charge in [-0.15, -0.1) is 0 Å². The Bertz CT molecular complexity index is 1280. The zero-order valence-corrected chi connectivity index (χ0v) is 17.9. The number of nitrogens with one attached hydrogen (secondary N) is 2. The first kappa shape index (κ1) is 20.6. The molecule has 31 heavy (non-hydrogen) atoms. The number of anilines is 2. The predicted molar refractivity (Wildman–Crippen MR) is 118 cm³/mol. The van der Waals surface area contributed by atoms with Crippen LogP contribution in [-0.2, 0) is 10.0 Å². The average molecular weight is 456 g/mol. The van der Waals surface area contributed by atoms with Crippen molar-refractivity contribution in [2.24, 2.45) is 0 Å². The summed E-state index contributed by atoms with van der Waals surface area (Å²) in [4.78, 5) is 13.1. The Labute approximate surface area is 182 Å². The molecule has 0 unspecified atom stereocenters. The molecule has 0 aliphatic carbocycles. The van der Waals surface area contributed by atoms with Crippen molar-refractivity contribution in [3.8, 4) is 17.0 Å². The van der Waals surface area contributed by atoms with Gasteiger partial charge in [0.15, 0.2) is 0 Å². The van der Waals surface area contributed by atoms with E-state index in [1.165, 1.54) is 23.5 Å². The molecule has 0 spiro atoms. The summed E-state index contributed by atoms with van der Waals surface area (Å²) in [5, 5.41) is 10.3. The zero-order valence-electron chi connectivity index (χ0n) is 16.2. The molecule has 0 saturated heterocycles. The monoisotopic (exact) mass is 455 g/mol. The highest BCUT2D eigenvalue weighted by Gasteiger charge is 2.28. The number of hydrogen-bond donors (Lipinski definition) is 2. The Hall–Kier alpha value is -3.63. The van der Waals surface area contributed by atoms with E-state index in [4.69, 9.17) is 9.26 Å². The van der Waals surface area contributed by atoms with Crippen LogP contribution in [0.2, 0.25) is 0 Å². The molecule has 0 atom stereocenters. The second-order valence-corrected chi connectivity index (χ2v) is 8.81. The van der Waals surface area contributed by atoms with Crippen LogP contribution in [0.3, 0.4) is 0 Å². The second-order valence-electron chi connectivity index (χ2n) is 6.35. The van der Waals surface area contributed by atoms with Crippen molar-refractivity contribution in [3.05, 3.63) is 77.0 Å². The number of carbonyl (C=O) groups excluding carboxylic acids is 1. The molecule has 4 rings (SSSR count). The van der Waals surface area contributed by atoms with Gasteiger partial charge in [-0.2, -0.15) is 11.3 Å². The number of methoxy groups -OCH3 is 1. The van der Waals surface area contributed by atoms with Crippen molar-refractivity contribution in [1.29, 1.82) is 0 Å². The van der Waals surface area contributed by atoms with Gasteiger partial charge in [0.05, 0.1) is 12.0 Å². The molecule has 8 nitrogen and oxygen atoms in total. The topological polar surface area (TPSA) is 111 Å². The first-order chi connectivity index (χ1) is 15.0. The van der Waals surface area contributed by atoms with Gasteiger partial charge in [0.2, 0.25) is 0 Å². The van der Waals surface area contributed by atoms with Crippen molar-refractivity contribution in [1.82, 2.24) is 5.16 Å². The van der Waals surface area contributed by atoms with Crippen LogP contribution in [0.5, 0.6) is 5.75 Å². The molecule has 10 heteroatoms. The normalized spacial score (nSPS) is 11.1. The summed E-state index contributed by atoms with van der Waals surface area (Å²) in [6.45, 7) is 0. The van der Waals surface area contributed by atoms with E-state index in [0.717, 1.165) is 0 Å². The maximum Gasteiger partial charge on any atom is 0.264 e. The maximum atomic E-state index is 13.1. The third-order valence-corrected chi connectivity index (χ3v) is 6.37. The van der Waals surface area contributed by atoms with Crippen LogP contribution in [-0.4, -0.2) is 26.6 Å². The Morgan fingerprint density at radius 3 is 2.45 bits per heavy atom. The van der Waals surface area contributed by atoms with Crippen molar-refractivity contribution in [3.63, 3.8) is 0 Å². The summed E-state index contributed by atoms with van der Waals surface area (Å²) < 4.78 is 38.2. The van der Waals surface area contributed by atoms with E-state index in [-0.39, 0.29) is 22.0 Å². The number of aromatic nitrogens is 1. The molecule has 2 aromatic heterocycles. The molecule has 1 amide bonds. The Balaban J connectivity index is 1.70. The van der Waals surface area contributed by atoms with Crippen LogP contribution >= 0.6 is 11.3 Å². The predicted octanol–water partition coefficient (Wildman–Crippen LogP) is 4.46. The van der Waals surface area contributed by atoms with Crippen molar-refractivity contribution in [2.75, 3.05) is 17.1 Å². The molecule has 4 aromatic rings. The van der Waals surface area contributed by atoms with Crippen LogP contribution in [0.4, 0.5) is 11.6 Å². The summed E-state index contributed by atoms with van der Waals surface area (Å²) >= 11 is 1.42. The fourth-order valence-electron chi connectivity index (χ4n) is 2.82. The number of nitrogens with zero attached hydrogens (tertiary/aromatic N) is 1. The number of sulfonamides is 1. The van der Waals surface area contributed by atoms with E-state index in [9.17, 15) is 13.2 Å². The third kappa shape index (κ3) is 4.44. The molecule has 2 aromatic carbocycles. The van der Waals surface area contributed by atoms with Crippen molar-refractivity contribution < 1.29 is 22.5 Å². The first-order valence-electron chi connectivity index (χ1n) is 9.03. The number of carbonyl (C=O) groups is 1. The number of thiophene rings is 1. The van der Waals surface area contributed by atoms with E-state index in [1.54, 1.807) is 61.0 Å². The summed E-state index contributed by atoms with van der Waals surface area (Å²) in [6, 6.07) is 16.3. The summed E-state index contributed by atoms with van der Waals surface area (Å²) in [6.07, 6.45) is 0. The highest BCUT2D eigenvalue weighted by molar-refractivity contribution is 7.92. The van der Waals surface area contributed by atoms with Gasteiger partial charge in [0, 0.05) is 16.6 Å². The van der Waals surface area contributed by atoms with Gasteiger partial charge in [-0.25, -0.2) is 13.1 Å². The third-order valence-electron chi connectivity index (χ3n) is 4.34. The molecule has 0 fully saturated rings. The van der Waals surface area contributed by atoms with Crippen LogP contribution in [0.15, 0.2) is 80.8 Å². The number of amides is 1. The number of hydrogen-bond acceptors (Lipinski definition) is 7. The molecule has 2 heterocycles. The van der Waals surface area contributed by atoms with E-state index >= 15 is 0 Å². The van der Waals surface area contributed by atoms with E-state index in [2.05, 4.69) is 15.2 Å². The van der Waals surface area contributed by atoms with Gasteiger partial charge in [0.1, 0.15) is 17.0 Å². The Kier molecular flexibility index (Phi) is 5.74. The summed E-state index contributed by atoms with van der Waals surface area (Å²) in [5.74, 6) is -0.201. The standard InChI is InChI=1S/C21H17N3O5S2/c1-28-16-9-7-15(8-10-16)22-20(25)18-19(14-11-12-30-13-14)23-29-21(18)24-31(26,27)17-5-3-2-4-6-17/h2-13,24H,1H3,(H,22,25). The lowest BCUT2D eigenvalue weighted by Gasteiger charge is -2.09. The quantitative estimate of drug-likeness (QED) is 0.426. The van der Waals surface area contributed by atoms with Crippen molar-refractivity contribution >= 4 is 38.8 Å². The number of rotatable bonds is 7. The maximum absolute atomic E-state index is 13.1. The minimum Gasteiger partial charge on any atom is -0.497 e. The zero-order chi connectivity index (χ0) is 21.8. The van der Waals surface area contributed by atoms with Crippen LogP contribution in [0.1, 0.15) is 10.4 Å². The highest BCUT2D eigenvalue weighted by Crippen LogP contribution is 2.32. The van der Waals surface area contributed by atoms with Gasteiger partial charge < -0.3 is 14.6 Å². The fraction of sp³-hybridized carbons (Fsp3) is 0.0476. The van der Waals surface area contributed by atoms with E-state index in [1.807, 2.05) is 5.38 Å². The molecule has 0 saturated carbocycles. The first-order valence-corrected chi connectivity index (χ1v) is 11.5. The second kappa shape index (κ2) is 8.62. The Morgan fingerprint density at radius 2 is 1.81 bits per heavy atom. The van der Waals surface area contributed by atoms with Crippen LogP contribution in [0.25, 0.3) is 11.3 Å². The Morgan fingerprint density at radius 1 is 1.06 bits per heavy atom.